The van der Waals surface area contributed by atoms with Crippen molar-refractivity contribution in [2.45, 2.75) is 69.0 Å². The molecular weight excluding hydrogens is 574 g/mol. The molecule has 44 heavy (non-hydrogen) atoms. The van der Waals surface area contributed by atoms with Gasteiger partial charge in [0, 0.05) is 55.0 Å². The first-order valence-electron chi connectivity index (χ1n) is 15.4. The maximum absolute atomic E-state index is 14.4. The zero-order valence-electron chi connectivity index (χ0n) is 25.6. The van der Waals surface area contributed by atoms with Gasteiger partial charge in [0.05, 0.1) is 30.0 Å². The molecule has 3 aliphatic heterocycles. The summed E-state index contributed by atoms with van der Waals surface area (Å²) >= 11 is 0. The maximum Gasteiger partial charge on any atom is 0.264 e. The normalized spacial score (nSPS) is 25.7. The number of aliphatic hydroxyl groups excluding tert-OH is 1. The summed E-state index contributed by atoms with van der Waals surface area (Å²) in [6, 6.07) is 15.5. The summed E-state index contributed by atoms with van der Waals surface area (Å²) in [6.07, 6.45) is 4.97. The fourth-order valence-corrected chi connectivity index (χ4v) is 10.2. The summed E-state index contributed by atoms with van der Waals surface area (Å²) < 4.78 is 8.68. The number of aryl methyl sites for hydroxylation is 1. The zero-order chi connectivity index (χ0) is 31.2. The van der Waals surface area contributed by atoms with E-state index in [1.54, 1.807) is 20.6 Å². The van der Waals surface area contributed by atoms with Gasteiger partial charge in [-0.05, 0) is 49.7 Å². The van der Waals surface area contributed by atoms with Crippen molar-refractivity contribution in [1.82, 2.24) is 15.0 Å². The van der Waals surface area contributed by atoms with E-state index in [-0.39, 0.29) is 35.8 Å². The number of carbonyl (C=O) groups excluding carboxylic acids is 2. The fraction of sp³-hybridized carbons (Fsp3) is 0.455. The lowest BCUT2D eigenvalue weighted by atomic mass is 9.82. The van der Waals surface area contributed by atoms with Gasteiger partial charge < -0.3 is 24.4 Å². The van der Waals surface area contributed by atoms with E-state index in [4.69, 9.17) is 4.74 Å². The molecule has 0 aliphatic carbocycles. The largest absolute Gasteiger partial charge is 0.432 e. The van der Waals surface area contributed by atoms with Crippen molar-refractivity contribution in [3.63, 3.8) is 0 Å². The molecular formula is C33H41N5O5Si. The second-order valence-corrected chi connectivity index (χ2v) is 16.7. The lowest BCUT2D eigenvalue weighted by Crippen LogP contribution is -2.46. The lowest BCUT2D eigenvalue weighted by Gasteiger charge is -2.32. The highest BCUT2D eigenvalue weighted by Gasteiger charge is 2.66. The van der Waals surface area contributed by atoms with Crippen molar-refractivity contribution in [2.24, 2.45) is 5.92 Å². The van der Waals surface area contributed by atoms with Crippen LogP contribution in [0, 0.1) is 5.92 Å². The molecule has 2 N–H and O–H groups in total. The molecule has 4 heterocycles. The van der Waals surface area contributed by atoms with Crippen molar-refractivity contribution in [2.75, 3.05) is 29.5 Å². The van der Waals surface area contributed by atoms with Gasteiger partial charge >= 0.3 is 0 Å². The third kappa shape index (κ3) is 5.01. The predicted molar refractivity (Wildman–Crippen MR) is 170 cm³/mol. The zero-order valence-corrected chi connectivity index (χ0v) is 26.6. The maximum atomic E-state index is 14.4. The number of rotatable bonds is 10. The molecule has 5 atom stereocenters. The Hall–Kier alpha value is -3.64. The first-order chi connectivity index (χ1) is 21.1. The number of hydrogen-bond donors (Lipinski definition) is 2. The van der Waals surface area contributed by atoms with Crippen LogP contribution in [0.5, 0.6) is 0 Å². The van der Waals surface area contributed by atoms with Gasteiger partial charge in [-0.15, -0.1) is 11.7 Å². The van der Waals surface area contributed by atoms with E-state index in [1.165, 1.54) is 0 Å². The summed E-state index contributed by atoms with van der Waals surface area (Å²) in [6.45, 7) is 11.1. The highest BCUT2D eigenvalue weighted by atomic mass is 28.4. The Balaban J connectivity index is 1.32. The van der Waals surface area contributed by atoms with Crippen LogP contribution in [0.3, 0.4) is 0 Å². The van der Waals surface area contributed by atoms with Crippen molar-refractivity contribution >= 4 is 31.5 Å². The standard InChI is InChI=1S/C33H41N5O5Si/c1-5-16-38-28-14-13-24(37-17-9-12-30(37)40)19-26(28)33(32(38)41)22(2)31(44(3,4)42)29(43-33)15-18-36-20-27(34-35-36)25(21-39)23-10-7-6-8-11-23/h5-8,10-11,13-14,19-20,22,25,29,31,39,42H,1,9,12,15-18,21H2,2-4H3/t22-,25?,29+,31-,33+/m0/s1. The minimum Gasteiger partial charge on any atom is -0.432 e. The van der Waals surface area contributed by atoms with Gasteiger partial charge in [0.25, 0.3) is 5.91 Å². The molecule has 2 amide bonds. The predicted octanol–water partition coefficient (Wildman–Crippen LogP) is 3.95. The Morgan fingerprint density at radius 2 is 1.98 bits per heavy atom. The Bertz CT molecular complexity index is 1560. The van der Waals surface area contributed by atoms with Gasteiger partial charge in [0.15, 0.2) is 13.9 Å². The number of aliphatic hydroxyl groups is 1. The molecule has 10 nitrogen and oxygen atoms in total. The Morgan fingerprint density at radius 3 is 2.64 bits per heavy atom. The number of hydrogen-bond acceptors (Lipinski definition) is 7. The summed E-state index contributed by atoms with van der Waals surface area (Å²) in [5.41, 5.74) is 2.38. The van der Waals surface area contributed by atoms with Crippen molar-refractivity contribution < 1.29 is 24.2 Å². The van der Waals surface area contributed by atoms with Gasteiger partial charge in [-0.25, -0.2) is 0 Å². The average Bonchev–Trinajstić information content (AvgIpc) is 3.76. The number of nitrogens with zero attached hydrogens (tertiary/aromatic N) is 5. The summed E-state index contributed by atoms with van der Waals surface area (Å²) in [5.74, 6) is -0.679. The topological polar surface area (TPSA) is 121 Å². The molecule has 6 rings (SSSR count). The Kier molecular flexibility index (Phi) is 8.08. The minimum absolute atomic E-state index is 0.0780. The molecule has 2 fully saturated rings. The molecule has 1 spiro atoms. The van der Waals surface area contributed by atoms with E-state index in [2.05, 4.69) is 16.9 Å². The van der Waals surface area contributed by atoms with E-state index >= 15 is 0 Å². The van der Waals surface area contributed by atoms with Gasteiger partial charge in [-0.1, -0.05) is 48.5 Å². The van der Waals surface area contributed by atoms with Crippen molar-refractivity contribution in [1.29, 1.82) is 0 Å². The molecule has 0 bridgehead atoms. The third-order valence-electron chi connectivity index (χ3n) is 9.60. The minimum atomic E-state index is -2.84. The van der Waals surface area contributed by atoms with E-state index in [0.29, 0.717) is 38.2 Å². The first kappa shape index (κ1) is 30.4. The van der Waals surface area contributed by atoms with Crippen LogP contribution in [-0.4, -0.2) is 70.8 Å². The molecule has 2 saturated heterocycles. The summed E-state index contributed by atoms with van der Waals surface area (Å²) in [7, 11) is -2.84. The molecule has 232 valence electrons. The van der Waals surface area contributed by atoms with Crippen molar-refractivity contribution in [3.8, 4) is 0 Å². The second kappa shape index (κ2) is 11.7. The lowest BCUT2D eigenvalue weighted by molar-refractivity contribution is -0.145. The van der Waals surface area contributed by atoms with Crippen LogP contribution in [0.1, 0.15) is 48.9 Å². The van der Waals surface area contributed by atoms with Crippen LogP contribution in [0.4, 0.5) is 11.4 Å². The van der Waals surface area contributed by atoms with Gasteiger partial charge in [-0.2, -0.15) is 0 Å². The fourth-order valence-electron chi connectivity index (χ4n) is 7.63. The molecule has 2 aromatic carbocycles. The van der Waals surface area contributed by atoms with Gasteiger partial charge in [0.2, 0.25) is 5.91 Å². The van der Waals surface area contributed by atoms with Crippen LogP contribution in [0.25, 0.3) is 0 Å². The molecule has 0 saturated carbocycles. The summed E-state index contributed by atoms with van der Waals surface area (Å²) in [4.78, 5) is 42.1. The molecule has 1 aromatic heterocycles. The summed E-state index contributed by atoms with van der Waals surface area (Å²) in [5, 5.41) is 18.8. The third-order valence-corrected chi connectivity index (χ3v) is 12.1. The average molecular weight is 616 g/mol. The van der Waals surface area contributed by atoms with Crippen molar-refractivity contribution in [3.05, 3.63) is 84.2 Å². The molecule has 1 unspecified atom stereocenters. The number of carbonyl (C=O) groups is 2. The number of benzene rings is 2. The van der Waals surface area contributed by atoms with Crippen LogP contribution in [0.15, 0.2) is 67.4 Å². The van der Waals surface area contributed by atoms with E-state index in [1.807, 2.05) is 74.7 Å². The Labute approximate surface area is 259 Å². The SMILES string of the molecule is C=CCN1C(=O)[C@]2(O[C@H](CCn3cc(C(CO)c4ccccc4)nn3)[C@@H]([Si](C)(C)O)[C@@H]2C)c2cc(N3CCCC3=O)ccc21. The van der Waals surface area contributed by atoms with Gasteiger partial charge in [0.1, 0.15) is 0 Å². The Morgan fingerprint density at radius 1 is 1.20 bits per heavy atom. The quantitative estimate of drug-likeness (QED) is 0.262. The van der Waals surface area contributed by atoms with E-state index in [0.717, 1.165) is 28.9 Å². The number of amides is 2. The number of anilines is 2. The molecule has 3 aromatic rings. The molecule has 3 aliphatic rings. The van der Waals surface area contributed by atoms with Crippen LogP contribution >= 0.6 is 0 Å². The van der Waals surface area contributed by atoms with Crippen LogP contribution in [-0.2, 0) is 26.5 Å². The monoisotopic (exact) mass is 615 g/mol. The van der Waals surface area contributed by atoms with Gasteiger partial charge in [-0.3, -0.25) is 14.3 Å². The molecule has 0 radical (unpaired) electrons. The molecule has 11 heteroatoms. The van der Waals surface area contributed by atoms with Crippen LogP contribution < -0.4 is 9.80 Å². The second-order valence-electron chi connectivity index (χ2n) is 12.8. The number of fused-ring (bicyclic) bond motifs is 2. The van der Waals surface area contributed by atoms with E-state index < -0.39 is 20.0 Å². The number of aromatic nitrogens is 3. The van der Waals surface area contributed by atoms with Crippen LogP contribution in [0.2, 0.25) is 18.6 Å². The highest BCUT2D eigenvalue weighted by molar-refractivity contribution is 6.71. The van der Waals surface area contributed by atoms with E-state index in [9.17, 15) is 19.5 Å². The first-order valence-corrected chi connectivity index (χ1v) is 18.5. The highest BCUT2D eigenvalue weighted by Crippen LogP contribution is 2.60. The number of ether oxygens (including phenoxy) is 1. The smallest absolute Gasteiger partial charge is 0.264 e.